The van der Waals surface area contributed by atoms with Crippen LogP contribution >= 0.6 is 11.8 Å². The van der Waals surface area contributed by atoms with Gasteiger partial charge in [0.1, 0.15) is 5.78 Å². The summed E-state index contributed by atoms with van der Waals surface area (Å²) in [5, 5.41) is 0.278. The average molecular weight is 302 g/mol. The number of carbonyl (C=O) groups is 1. The van der Waals surface area contributed by atoms with Crippen LogP contribution in [0.25, 0.3) is 0 Å². The maximum Gasteiger partial charge on any atom is 0.131 e. The van der Waals surface area contributed by atoms with Crippen molar-refractivity contribution in [2.75, 3.05) is 0 Å². The first kappa shape index (κ1) is 16.4. The molecule has 1 nitrogen and oxygen atoms in total. The minimum Gasteiger partial charge on any atom is -0.300 e. The second-order valence-corrected chi connectivity index (χ2v) is 8.03. The number of rotatable bonds is 5. The van der Waals surface area contributed by atoms with E-state index in [9.17, 15) is 4.79 Å². The van der Waals surface area contributed by atoms with Gasteiger partial charge in [0.15, 0.2) is 0 Å². The molecule has 0 aliphatic heterocycles. The van der Waals surface area contributed by atoms with Crippen LogP contribution in [0.5, 0.6) is 0 Å². The van der Waals surface area contributed by atoms with E-state index in [4.69, 9.17) is 0 Å². The Bertz CT molecular complexity index is 528. The number of ketones is 1. The molecule has 0 saturated carbocycles. The van der Waals surface area contributed by atoms with Crippen molar-refractivity contribution >= 4 is 17.5 Å². The second-order valence-electron chi connectivity index (χ2n) is 6.76. The van der Waals surface area contributed by atoms with Crippen molar-refractivity contribution in [1.82, 2.24) is 0 Å². The van der Waals surface area contributed by atoms with E-state index in [-0.39, 0.29) is 16.4 Å². The van der Waals surface area contributed by atoms with Crippen molar-refractivity contribution in [2.45, 2.75) is 63.5 Å². The summed E-state index contributed by atoms with van der Waals surface area (Å²) < 4.78 is 0. The molecule has 1 aromatic rings. The van der Waals surface area contributed by atoms with Gasteiger partial charge in [-0.2, -0.15) is 0 Å². The number of thioether (sulfide) groups is 1. The lowest BCUT2D eigenvalue weighted by Crippen LogP contribution is -2.28. The summed E-state index contributed by atoms with van der Waals surface area (Å²) in [5.41, 5.74) is 3.23. The monoisotopic (exact) mass is 302 g/mol. The molecule has 2 heteroatoms. The van der Waals surface area contributed by atoms with Gasteiger partial charge in [0.05, 0.1) is 0 Å². The van der Waals surface area contributed by atoms with Crippen LogP contribution in [-0.2, 0) is 4.79 Å². The second kappa shape index (κ2) is 6.83. The molecule has 0 saturated heterocycles. The molecule has 0 N–H and O–H groups in total. The zero-order valence-electron chi connectivity index (χ0n) is 13.6. The SMILES string of the molecule is CC(=O)CC(Sc1ccccc1)C1=C(C)CCCC1(C)C. The summed E-state index contributed by atoms with van der Waals surface area (Å²) >= 11 is 1.85. The molecule has 2 rings (SSSR count). The molecule has 1 unspecified atom stereocenters. The van der Waals surface area contributed by atoms with Gasteiger partial charge >= 0.3 is 0 Å². The number of hydrogen-bond donors (Lipinski definition) is 0. The number of hydrogen-bond acceptors (Lipinski definition) is 2. The molecular weight excluding hydrogens is 276 g/mol. The van der Waals surface area contributed by atoms with Gasteiger partial charge in [-0.25, -0.2) is 0 Å². The van der Waals surface area contributed by atoms with Gasteiger partial charge in [-0.3, -0.25) is 4.79 Å². The third-order valence-corrected chi connectivity index (χ3v) is 5.59. The highest BCUT2D eigenvalue weighted by molar-refractivity contribution is 8.00. The Hall–Kier alpha value is -1.02. The lowest BCUT2D eigenvalue weighted by molar-refractivity contribution is -0.116. The first-order chi connectivity index (χ1) is 9.90. The first-order valence-electron chi connectivity index (χ1n) is 7.81. The van der Waals surface area contributed by atoms with Gasteiger partial charge in [-0.15, -0.1) is 11.8 Å². The highest BCUT2D eigenvalue weighted by Gasteiger charge is 2.34. The third kappa shape index (κ3) is 4.23. The molecule has 1 atom stereocenters. The molecule has 0 aromatic heterocycles. The van der Waals surface area contributed by atoms with E-state index in [1.165, 1.54) is 35.3 Å². The van der Waals surface area contributed by atoms with Crippen LogP contribution in [0.4, 0.5) is 0 Å². The Kier molecular flexibility index (Phi) is 5.32. The number of carbonyl (C=O) groups excluding carboxylic acids is 1. The largest absolute Gasteiger partial charge is 0.300 e. The molecule has 0 bridgehead atoms. The van der Waals surface area contributed by atoms with Crippen molar-refractivity contribution in [2.24, 2.45) is 5.41 Å². The lowest BCUT2D eigenvalue weighted by Gasteiger charge is -2.38. The summed E-state index contributed by atoms with van der Waals surface area (Å²) in [5.74, 6) is 0.283. The van der Waals surface area contributed by atoms with Gasteiger partial charge in [-0.1, -0.05) is 43.2 Å². The van der Waals surface area contributed by atoms with E-state index in [0.717, 1.165) is 0 Å². The van der Waals surface area contributed by atoms with Crippen LogP contribution in [0.2, 0.25) is 0 Å². The van der Waals surface area contributed by atoms with Crippen molar-refractivity contribution in [1.29, 1.82) is 0 Å². The Morgan fingerprint density at radius 3 is 2.52 bits per heavy atom. The normalized spacial score (nSPS) is 19.4. The quantitative estimate of drug-likeness (QED) is 0.516. The molecule has 21 heavy (non-hydrogen) atoms. The topological polar surface area (TPSA) is 17.1 Å². The minimum atomic E-state index is 0.213. The average Bonchev–Trinajstić information content (AvgIpc) is 2.37. The van der Waals surface area contributed by atoms with Crippen LogP contribution in [0.1, 0.15) is 53.4 Å². The first-order valence-corrected chi connectivity index (χ1v) is 8.69. The van der Waals surface area contributed by atoms with Gasteiger partial charge in [0.2, 0.25) is 0 Å². The van der Waals surface area contributed by atoms with Gasteiger partial charge in [0.25, 0.3) is 0 Å². The van der Waals surface area contributed by atoms with Crippen molar-refractivity contribution in [3.8, 4) is 0 Å². The molecule has 1 aliphatic rings. The van der Waals surface area contributed by atoms with Gasteiger partial charge in [0, 0.05) is 16.6 Å². The van der Waals surface area contributed by atoms with Crippen molar-refractivity contribution in [3.05, 3.63) is 41.5 Å². The third-order valence-electron chi connectivity index (χ3n) is 4.36. The van der Waals surface area contributed by atoms with E-state index in [1.54, 1.807) is 6.92 Å². The zero-order chi connectivity index (χ0) is 15.5. The van der Waals surface area contributed by atoms with Gasteiger partial charge < -0.3 is 0 Å². The molecule has 114 valence electrons. The summed E-state index contributed by atoms with van der Waals surface area (Å²) in [6.45, 7) is 8.65. The molecule has 0 spiro atoms. The molecule has 0 fully saturated rings. The number of Topliss-reactive ketones (excluding diaryl/α,β-unsaturated/α-hetero) is 1. The maximum absolute atomic E-state index is 11.8. The standard InChI is InChI=1S/C19H26OS/c1-14-9-8-12-19(3,4)18(14)17(13-15(2)20)21-16-10-6-5-7-11-16/h5-7,10-11,17H,8-9,12-13H2,1-4H3. The van der Waals surface area contributed by atoms with Crippen LogP contribution < -0.4 is 0 Å². The minimum absolute atomic E-state index is 0.213. The fourth-order valence-corrected chi connectivity index (χ4v) is 5.08. The predicted molar refractivity (Wildman–Crippen MR) is 91.7 cm³/mol. The Balaban J connectivity index is 2.33. The van der Waals surface area contributed by atoms with E-state index in [1.807, 2.05) is 17.8 Å². The Morgan fingerprint density at radius 1 is 1.29 bits per heavy atom. The molecular formula is C19H26OS. The predicted octanol–water partition coefficient (Wildman–Crippen LogP) is 5.65. The maximum atomic E-state index is 11.8. The van der Waals surface area contributed by atoms with Crippen LogP contribution in [-0.4, -0.2) is 11.0 Å². The van der Waals surface area contributed by atoms with Crippen LogP contribution in [0.3, 0.4) is 0 Å². The fourth-order valence-electron chi connectivity index (χ4n) is 3.48. The Labute approximate surface area is 133 Å². The smallest absolute Gasteiger partial charge is 0.131 e. The van der Waals surface area contributed by atoms with Gasteiger partial charge in [-0.05, 0) is 50.7 Å². The number of benzene rings is 1. The highest BCUT2D eigenvalue weighted by Crippen LogP contribution is 2.47. The molecule has 0 amide bonds. The molecule has 0 heterocycles. The van der Waals surface area contributed by atoms with Crippen LogP contribution in [0, 0.1) is 5.41 Å². The van der Waals surface area contributed by atoms with Crippen LogP contribution in [0.15, 0.2) is 46.4 Å². The highest BCUT2D eigenvalue weighted by atomic mass is 32.2. The molecule has 1 aliphatic carbocycles. The van der Waals surface area contributed by atoms with Crippen molar-refractivity contribution in [3.63, 3.8) is 0 Å². The fraction of sp³-hybridized carbons (Fsp3) is 0.526. The number of allylic oxidation sites excluding steroid dienone is 1. The zero-order valence-corrected chi connectivity index (χ0v) is 14.4. The molecule has 0 radical (unpaired) electrons. The van der Waals surface area contributed by atoms with E-state index < -0.39 is 0 Å². The van der Waals surface area contributed by atoms with E-state index in [2.05, 4.69) is 45.0 Å². The summed E-state index contributed by atoms with van der Waals surface area (Å²) in [6.07, 6.45) is 4.31. The lowest BCUT2D eigenvalue weighted by atomic mass is 9.71. The summed E-state index contributed by atoms with van der Waals surface area (Å²) in [6, 6.07) is 10.5. The van der Waals surface area contributed by atoms with Crippen molar-refractivity contribution < 1.29 is 4.79 Å². The Morgan fingerprint density at radius 2 is 1.95 bits per heavy atom. The summed E-state index contributed by atoms with van der Waals surface area (Å²) in [4.78, 5) is 13.0. The molecule has 1 aromatic carbocycles. The van der Waals surface area contributed by atoms with E-state index >= 15 is 0 Å². The summed E-state index contributed by atoms with van der Waals surface area (Å²) in [7, 11) is 0. The van der Waals surface area contributed by atoms with E-state index in [0.29, 0.717) is 6.42 Å².